The number of carbonyl (C=O) groups is 1. The van der Waals surface area contributed by atoms with Crippen LogP contribution in [0.3, 0.4) is 0 Å². The maximum atomic E-state index is 12.1. The minimum absolute atomic E-state index is 0.299. The highest BCUT2D eigenvalue weighted by Crippen LogP contribution is 2.08. The number of amides is 1. The molecule has 23 heavy (non-hydrogen) atoms. The molecule has 0 saturated heterocycles. The second kappa shape index (κ2) is 5.99. The molecular weight excluding hydrogens is 296 g/mol. The van der Waals surface area contributed by atoms with Crippen molar-refractivity contribution < 1.29 is 4.79 Å². The summed E-state index contributed by atoms with van der Waals surface area (Å²) in [7, 11) is 0. The predicted octanol–water partition coefficient (Wildman–Crippen LogP) is 0.561. The van der Waals surface area contributed by atoms with Crippen LogP contribution < -0.4 is 11.0 Å². The lowest BCUT2D eigenvalue weighted by molar-refractivity contribution is 0.0947. The first-order chi connectivity index (χ1) is 11.0. The maximum absolute atomic E-state index is 12.1. The van der Waals surface area contributed by atoms with Crippen LogP contribution >= 0.6 is 0 Å². The number of pyridine rings is 1. The van der Waals surface area contributed by atoms with E-state index >= 15 is 0 Å². The molecule has 3 heterocycles. The average Bonchev–Trinajstić information content (AvgIpc) is 2.97. The molecule has 0 aromatic carbocycles. The fourth-order valence-corrected chi connectivity index (χ4v) is 2.37. The molecule has 118 valence electrons. The van der Waals surface area contributed by atoms with Crippen molar-refractivity contribution in [3.8, 4) is 0 Å². The molecule has 0 aliphatic carbocycles. The average molecular weight is 312 g/mol. The van der Waals surface area contributed by atoms with Crippen molar-refractivity contribution in [2.75, 3.05) is 6.54 Å². The quantitative estimate of drug-likeness (QED) is 0.732. The molecule has 3 aromatic heterocycles. The second-order valence-electron chi connectivity index (χ2n) is 5.23. The van der Waals surface area contributed by atoms with Crippen LogP contribution in [0.25, 0.3) is 11.0 Å². The summed E-state index contributed by atoms with van der Waals surface area (Å²) < 4.78 is 1.53. The molecule has 0 atom stereocenters. The van der Waals surface area contributed by atoms with Gasteiger partial charge in [-0.3, -0.25) is 14.5 Å². The molecule has 8 nitrogen and oxygen atoms in total. The van der Waals surface area contributed by atoms with Crippen LogP contribution in [0.1, 0.15) is 21.9 Å². The highest BCUT2D eigenvalue weighted by atomic mass is 16.2. The summed E-state index contributed by atoms with van der Waals surface area (Å²) in [5, 5.41) is 10.2. The molecule has 1 amide bonds. The Morgan fingerprint density at radius 1 is 1.30 bits per heavy atom. The second-order valence-corrected chi connectivity index (χ2v) is 5.23. The maximum Gasteiger partial charge on any atom is 0.348 e. The molecule has 3 aromatic rings. The number of nitrogens with zero attached hydrogens (tertiary/aromatic N) is 4. The minimum Gasteiger partial charge on any atom is -0.349 e. The molecule has 0 aliphatic heterocycles. The number of hydrogen-bond donors (Lipinski definition) is 2. The van der Waals surface area contributed by atoms with Gasteiger partial charge in [-0.15, -0.1) is 0 Å². The lowest BCUT2D eigenvalue weighted by Crippen LogP contribution is -2.33. The molecule has 0 saturated carbocycles. The number of aromatic nitrogens is 5. The van der Waals surface area contributed by atoms with Gasteiger partial charge in [0.1, 0.15) is 5.69 Å². The van der Waals surface area contributed by atoms with Gasteiger partial charge in [-0.05, 0) is 32.0 Å². The first-order valence-electron chi connectivity index (χ1n) is 7.18. The Bertz CT molecular complexity index is 927. The Balaban J connectivity index is 1.66. The van der Waals surface area contributed by atoms with Crippen molar-refractivity contribution in [1.29, 1.82) is 0 Å². The highest BCUT2D eigenvalue weighted by Gasteiger charge is 2.09. The van der Waals surface area contributed by atoms with Crippen LogP contribution in [0.5, 0.6) is 0 Å². The van der Waals surface area contributed by atoms with Crippen molar-refractivity contribution in [2.24, 2.45) is 0 Å². The van der Waals surface area contributed by atoms with Gasteiger partial charge < -0.3 is 5.32 Å². The standard InChI is InChI=1S/C15H16N6O2/c1-9-7-10(2)21(15(23)18-9)6-5-16-14(22)12-4-3-11-8-17-20-13(11)19-12/h3-4,7-8H,5-6H2,1-2H3,(H,16,22)(H,17,19,20). The van der Waals surface area contributed by atoms with E-state index in [4.69, 9.17) is 0 Å². The van der Waals surface area contributed by atoms with Gasteiger partial charge in [0.25, 0.3) is 5.91 Å². The third kappa shape index (κ3) is 3.10. The van der Waals surface area contributed by atoms with Crippen LogP contribution in [0, 0.1) is 13.8 Å². The van der Waals surface area contributed by atoms with Gasteiger partial charge in [-0.1, -0.05) is 0 Å². The van der Waals surface area contributed by atoms with E-state index < -0.39 is 0 Å². The zero-order valence-electron chi connectivity index (χ0n) is 12.8. The van der Waals surface area contributed by atoms with Crippen LogP contribution in [-0.4, -0.2) is 37.2 Å². The highest BCUT2D eigenvalue weighted by molar-refractivity contribution is 5.94. The van der Waals surface area contributed by atoms with Crippen LogP contribution in [0.15, 0.2) is 29.2 Å². The van der Waals surface area contributed by atoms with E-state index in [0.29, 0.717) is 30.1 Å². The van der Waals surface area contributed by atoms with E-state index in [2.05, 4.69) is 25.5 Å². The Morgan fingerprint density at radius 3 is 2.91 bits per heavy atom. The number of rotatable bonds is 4. The zero-order valence-corrected chi connectivity index (χ0v) is 12.8. The molecule has 0 spiro atoms. The van der Waals surface area contributed by atoms with Crippen LogP contribution in [-0.2, 0) is 6.54 Å². The summed E-state index contributed by atoms with van der Waals surface area (Å²) in [6.45, 7) is 4.28. The summed E-state index contributed by atoms with van der Waals surface area (Å²) in [5.74, 6) is -0.299. The third-order valence-corrected chi connectivity index (χ3v) is 3.50. The molecule has 8 heteroatoms. The molecule has 2 N–H and O–H groups in total. The van der Waals surface area contributed by atoms with Gasteiger partial charge in [0.15, 0.2) is 5.65 Å². The van der Waals surface area contributed by atoms with Gasteiger partial charge >= 0.3 is 5.69 Å². The van der Waals surface area contributed by atoms with Crippen LogP contribution in [0.4, 0.5) is 0 Å². The van der Waals surface area contributed by atoms with E-state index in [0.717, 1.165) is 11.1 Å². The van der Waals surface area contributed by atoms with Crippen molar-refractivity contribution in [1.82, 2.24) is 30.0 Å². The molecule has 0 aliphatic rings. The fourth-order valence-electron chi connectivity index (χ4n) is 2.37. The molecule has 0 unspecified atom stereocenters. The predicted molar refractivity (Wildman–Crippen MR) is 84.2 cm³/mol. The van der Waals surface area contributed by atoms with Gasteiger partial charge in [0.2, 0.25) is 0 Å². The lowest BCUT2D eigenvalue weighted by atomic mass is 10.3. The van der Waals surface area contributed by atoms with Crippen molar-refractivity contribution in [2.45, 2.75) is 20.4 Å². The number of aromatic amines is 1. The van der Waals surface area contributed by atoms with E-state index in [1.807, 2.05) is 13.0 Å². The van der Waals surface area contributed by atoms with Crippen molar-refractivity contribution in [3.63, 3.8) is 0 Å². The van der Waals surface area contributed by atoms with Gasteiger partial charge in [0.05, 0.1) is 6.20 Å². The summed E-state index contributed by atoms with van der Waals surface area (Å²) in [4.78, 5) is 32.0. The van der Waals surface area contributed by atoms with Crippen LogP contribution in [0.2, 0.25) is 0 Å². The topological polar surface area (TPSA) is 106 Å². The van der Waals surface area contributed by atoms with E-state index in [-0.39, 0.29) is 11.6 Å². The Kier molecular flexibility index (Phi) is 3.88. The van der Waals surface area contributed by atoms with Gasteiger partial charge in [-0.2, -0.15) is 10.1 Å². The number of carbonyl (C=O) groups excluding carboxylic acids is 1. The summed E-state index contributed by atoms with van der Waals surface area (Å²) in [6, 6.07) is 5.24. The summed E-state index contributed by atoms with van der Waals surface area (Å²) >= 11 is 0. The summed E-state index contributed by atoms with van der Waals surface area (Å²) in [5.41, 5.74) is 2.05. The summed E-state index contributed by atoms with van der Waals surface area (Å²) in [6.07, 6.45) is 1.64. The monoisotopic (exact) mass is 312 g/mol. The number of H-pyrrole nitrogens is 1. The number of hydrogen-bond acceptors (Lipinski definition) is 5. The molecular formula is C15H16N6O2. The van der Waals surface area contributed by atoms with E-state index in [1.54, 1.807) is 25.3 Å². The zero-order chi connectivity index (χ0) is 16.4. The SMILES string of the molecule is Cc1cc(C)n(CCNC(=O)c2ccc3cn[nH]c3n2)c(=O)n1. The normalized spacial score (nSPS) is 10.9. The van der Waals surface area contributed by atoms with Gasteiger partial charge in [-0.25, -0.2) is 9.78 Å². The Morgan fingerprint density at radius 2 is 2.13 bits per heavy atom. The largest absolute Gasteiger partial charge is 0.349 e. The van der Waals surface area contributed by atoms with E-state index in [9.17, 15) is 9.59 Å². The van der Waals surface area contributed by atoms with E-state index in [1.165, 1.54) is 4.57 Å². The Hall–Kier alpha value is -3.03. The molecule has 0 fully saturated rings. The Labute approximate surface area is 131 Å². The third-order valence-electron chi connectivity index (χ3n) is 3.50. The smallest absolute Gasteiger partial charge is 0.348 e. The number of aryl methyl sites for hydroxylation is 2. The van der Waals surface area contributed by atoms with Gasteiger partial charge in [0, 0.05) is 29.9 Å². The minimum atomic E-state index is -0.311. The van der Waals surface area contributed by atoms with Crippen molar-refractivity contribution in [3.05, 3.63) is 52.0 Å². The lowest BCUT2D eigenvalue weighted by Gasteiger charge is -2.10. The molecule has 3 rings (SSSR count). The molecule has 0 radical (unpaired) electrons. The first kappa shape index (κ1) is 14.9. The van der Waals surface area contributed by atoms with Crippen molar-refractivity contribution >= 4 is 16.9 Å². The molecule has 0 bridgehead atoms. The first-order valence-corrected chi connectivity index (χ1v) is 7.18. The number of fused-ring (bicyclic) bond motifs is 1. The number of nitrogens with one attached hydrogen (secondary N) is 2. The fraction of sp³-hybridized carbons (Fsp3) is 0.267.